The second-order valence-corrected chi connectivity index (χ2v) is 7.57. The Morgan fingerprint density at radius 2 is 1.79 bits per heavy atom. The number of hydrogen-bond acceptors (Lipinski definition) is 3. The van der Waals surface area contributed by atoms with E-state index in [0.29, 0.717) is 11.6 Å². The van der Waals surface area contributed by atoms with Crippen LogP contribution in [0.5, 0.6) is 0 Å². The Kier molecular flexibility index (Phi) is 6.17. The molecule has 1 aromatic heterocycles. The molecule has 5 nitrogen and oxygen atoms in total. The lowest BCUT2D eigenvalue weighted by atomic mass is 10.0. The number of carbonyl (C=O) groups is 1. The summed E-state index contributed by atoms with van der Waals surface area (Å²) in [6.45, 7) is 4.15. The zero-order valence-corrected chi connectivity index (χ0v) is 17.1. The van der Waals surface area contributed by atoms with Gasteiger partial charge in [-0.15, -0.1) is 0 Å². The molecule has 0 radical (unpaired) electrons. The molecule has 1 heterocycles. The molecule has 2 atom stereocenters. The van der Waals surface area contributed by atoms with Gasteiger partial charge in [0.15, 0.2) is 0 Å². The van der Waals surface area contributed by atoms with Crippen LogP contribution in [0.25, 0.3) is 16.9 Å². The number of para-hydroxylation sites is 1. The number of carbonyl (C=O) groups excluding carboxylic acids is 1. The summed E-state index contributed by atoms with van der Waals surface area (Å²) in [4.78, 5) is 14.4. The molecular weight excluding hydrogens is 372 g/mol. The number of hydrogen-bond donors (Lipinski definition) is 1. The number of nitrogens with zero attached hydrogens (tertiary/aromatic N) is 3. The second kappa shape index (κ2) is 8.59. The molecule has 1 amide bonds. The first-order valence-electron chi connectivity index (χ1n) is 9.27. The van der Waals surface area contributed by atoms with E-state index in [1.807, 2.05) is 79.3 Å². The van der Waals surface area contributed by atoms with Gasteiger partial charge in [-0.1, -0.05) is 48.9 Å². The highest BCUT2D eigenvalue weighted by Gasteiger charge is 2.23. The fourth-order valence-electron chi connectivity index (χ4n) is 3.00. The van der Waals surface area contributed by atoms with Crippen LogP contribution in [0.3, 0.4) is 0 Å². The van der Waals surface area contributed by atoms with Crippen LogP contribution in [-0.4, -0.2) is 33.7 Å². The normalized spacial score (nSPS) is 13.2. The Labute approximate surface area is 170 Å². The van der Waals surface area contributed by atoms with E-state index >= 15 is 0 Å². The molecule has 6 heteroatoms. The molecule has 3 rings (SSSR count). The van der Waals surface area contributed by atoms with Gasteiger partial charge in [-0.3, -0.25) is 4.79 Å². The van der Waals surface area contributed by atoms with Gasteiger partial charge < -0.3 is 10.6 Å². The van der Waals surface area contributed by atoms with Crippen LogP contribution in [0, 0.1) is 5.92 Å². The molecule has 0 bridgehead atoms. The zero-order chi connectivity index (χ0) is 20.3. The minimum absolute atomic E-state index is 0.0181. The van der Waals surface area contributed by atoms with Crippen molar-refractivity contribution in [3.63, 3.8) is 0 Å². The number of aromatic nitrogens is 2. The fraction of sp³-hybridized carbons (Fsp3) is 0.273. The van der Waals surface area contributed by atoms with E-state index in [9.17, 15) is 4.79 Å². The molecule has 0 fully saturated rings. The molecule has 2 unspecified atom stereocenters. The van der Waals surface area contributed by atoms with Gasteiger partial charge in [0.25, 0.3) is 0 Å². The first-order chi connectivity index (χ1) is 13.4. The molecule has 0 aliphatic carbocycles. The molecule has 2 aromatic carbocycles. The van der Waals surface area contributed by atoms with Gasteiger partial charge >= 0.3 is 0 Å². The van der Waals surface area contributed by atoms with Crippen molar-refractivity contribution in [3.05, 3.63) is 71.4 Å². The standard InChI is InChI=1S/C22H25ClN4O/c1-15(16(2)24)22(28)26(3)13-18-14-27(20-7-5-4-6-8-20)25-21(18)17-9-11-19(23)12-10-17/h4-12,14-16H,13,24H2,1-3H3. The van der Waals surface area contributed by atoms with E-state index in [2.05, 4.69) is 0 Å². The van der Waals surface area contributed by atoms with Gasteiger partial charge in [0.1, 0.15) is 0 Å². The Morgan fingerprint density at radius 1 is 1.14 bits per heavy atom. The van der Waals surface area contributed by atoms with Crippen molar-refractivity contribution in [1.29, 1.82) is 0 Å². The number of rotatable bonds is 6. The van der Waals surface area contributed by atoms with Crippen LogP contribution >= 0.6 is 11.6 Å². The van der Waals surface area contributed by atoms with Crippen LogP contribution < -0.4 is 5.73 Å². The topological polar surface area (TPSA) is 64.2 Å². The summed E-state index contributed by atoms with van der Waals surface area (Å²) in [6.07, 6.45) is 1.97. The number of nitrogens with two attached hydrogens (primary N) is 1. The van der Waals surface area contributed by atoms with Crippen LogP contribution in [-0.2, 0) is 11.3 Å². The van der Waals surface area contributed by atoms with Crippen LogP contribution in [0.4, 0.5) is 0 Å². The minimum Gasteiger partial charge on any atom is -0.341 e. The second-order valence-electron chi connectivity index (χ2n) is 7.13. The lowest BCUT2D eigenvalue weighted by Crippen LogP contribution is -2.39. The predicted octanol–water partition coefficient (Wildman–Crippen LogP) is 4.13. The molecule has 146 valence electrons. The van der Waals surface area contributed by atoms with Crippen molar-refractivity contribution in [2.75, 3.05) is 7.05 Å². The van der Waals surface area contributed by atoms with E-state index in [1.165, 1.54) is 0 Å². The van der Waals surface area contributed by atoms with Gasteiger partial charge in [0, 0.05) is 42.0 Å². The first-order valence-corrected chi connectivity index (χ1v) is 9.65. The third-order valence-corrected chi connectivity index (χ3v) is 5.14. The number of benzene rings is 2. The zero-order valence-electron chi connectivity index (χ0n) is 16.3. The fourth-order valence-corrected chi connectivity index (χ4v) is 3.12. The maximum absolute atomic E-state index is 12.7. The summed E-state index contributed by atoms with van der Waals surface area (Å²) in [5.41, 5.74) is 9.61. The summed E-state index contributed by atoms with van der Waals surface area (Å²) in [5, 5.41) is 5.46. The smallest absolute Gasteiger partial charge is 0.226 e. The minimum atomic E-state index is -0.242. The maximum atomic E-state index is 12.7. The molecular formula is C22H25ClN4O. The molecule has 2 N–H and O–H groups in total. The van der Waals surface area contributed by atoms with Crippen molar-refractivity contribution in [2.45, 2.75) is 26.4 Å². The van der Waals surface area contributed by atoms with Crippen molar-refractivity contribution in [2.24, 2.45) is 11.7 Å². The highest BCUT2D eigenvalue weighted by Crippen LogP contribution is 2.26. The molecule has 0 aliphatic heterocycles. The van der Waals surface area contributed by atoms with Crippen molar-refractivity contribution in [1.82, 2.24) is 14.7 Å². The monoisotopic (exact) mass is 396 g/mol. The van der Waals surface area contributed by atoms with E-state index < -0.39 is 0 Å². The van der Waals surface area contributed by atoms with E-state index in [1.54, 1.807) is 11.9 Å². The van der Waals surface area contributed by atoms with Gasteiger partial charge in [-0.2, -0.15) is 5.10 Å². The lowest BCUT2D eigenvalue weighted by Gasteiger charge is -2.23. The SMILES string of the molecule is CC(N)C(C)C(=O)N(C)Cc1cn(-c2ccccc2)nc1-c1ccc(Cl)cc1. The third-order valence-electron chi connectivity index (χ3n) is 4.89. The van der Waals surface area contributed by atoms with E-state index in [4.69, 9.17) is 22.4 Å². The summed E-state index contributed by atoms with van der Waals surface area (Å²) in [6, 6.07) is 17.3. The van der Waals surface area contributed by atoms with Gasteiger partial charge in [-0.25, -0.2) is 4.68 Å². The largest absolute Gasteiger partial charge is 0.341 e. The van der Waals surface area contributed by atoms with Crippen LogP contribution in [0.2, 0.25) is 5.02 Å². The highest BCUT2D eigenvalue weighted by atomic mass is 35.5. The highest BCUT2D eigenvalue weighted by molar-refractivity contribution is 6.30. The quantitative estimate of drug-likeness (QED) is 0.681. The van der Waals surface area contributed by atoms with Gasteiger partial charge in [0.2, 0.25) is 5.91 Å². The van der Waals surface area contributed by atoms with Crippen LogP contribution in [0.15, 0.2) is 60.8 Å². The van der Waals surface area contributed by atoms with Gasteiger partial charge in [-0.05, 0) is 31.2 Å². The maximum Gasteiger partial charge on any atom is 0.226 e. The summed E-state index contributed by atoms with van der Waals surface area (Å²) < 4.78 is 1.84. The molecule has 0 spiro atoms. The Bertz CT molecular complexity index is 935. The van der Waals surface area contributed by atoms with E-state index in [0.717, 1.165) is 22.5 Å². The summed E-state index contributed by atoms with van der Waals surface area (Å²) >= 11 is 6.04. The number of amides is 1. The predicted molar refractivity (Wildman–Crippen MR) is 113 cm³/mol. The Balaban J connectivity index is 1.97. The molecule has 0 saturated heterocycles. The first kappa shape index (κ1) is 20.1. The third kappa shape index (κ3) is 4.43. The van der Waals surface area contributed by atoms with Crippen molar-refractivity contribution >= 4 is 17.5 Å². The molecule has 0 aliphatic rings. The Hall–Kier alpha value is -2.63. The lowest BCUT2D eigenvalue weighted by molar-refractivity contribution is -0.134. The summed E-state index contributed by atoms with van der Waals surface area (Å²) in [5.74, 6) is -0.224. The summed E-state index contributed by atoms with van der Waals surface area (Å²) in [7, 11) is 1.80. The van der Waals surface area contributed by atoms with Crippen molar-refractivity contribution < 1.29 is 4.79 Å². The average molecular weight is 397 g/mol. The van der Waals surface area contributed by atoms with E-state index in [-0.39, 0.29) is 17.9 Å². The van der Waals surface area contributed by atoms with Gasteiger partial charge in [0.05, 0.1) is 17.3 Å². The molecule has 0 saturated carbocycles. The number of halogens is 1. The van der Waals surface area contributed by atoms with Crippen LogP contribution in [0.1, 0.15) is 19.4 Å². The molecule has 28 heavy (non-hydrogen) atoms. The van der Waals surface area contributed by atoms with Crippen molar-refractivity contribution in [3.8, 4) is 16.9 Å². The Morgan fingerprint density at radius 3 is 2.39 bits per heavy atom. The molecule has 3 aromatic rings. The average Bonchev–Trinajstić information content (AvgIpc) is 3.11.